The predicted molar refractivity (Wildman–Crippen MR) is 132 cm³/mol. The number of likely N-dealkylation sites (tertiary alicyclic amines) is 1. The Bertz CT molecular complexity index is 797. The van der Waals surface area contributed by atoms with Crippen LogP contribution in [0.15, 0.2) is 24.3 Å². The summed E-state index contributed by atoms with van der Waals surface area (Å²) in [5, 5.41) is 2.96. The van der Waals surface area contributed by atoms with Crippen LogP contribution in [0, 0.1) is 12.3 Å². The van der Waals surface area contributed by atoms with Crippen molar-refractivity contribution in [2.24, 2.45) is 11.1 Å². The van der Waals surface area contributed by atoms with Crippen molar-refractivity contribution in [3.05, 3.63) is 35.4 Å². The van der Waals surface area contributed by atoms with Crippen LogP contribution in [0.4, 0.5) is 0 Å². The summed E-state index contributed by atoms with van der Waals surface area (Å²) in [6, 6.07) is 6.66. The Morgan fingerprint density at radius 2 is 1.94 bits per heavy atom. The smallest absolute Gasteiger partial charge is 0.328 e. The van der Waals surface area contributed by atoms with Crippen LogP contribution >= 0.6 is 24.4 Å². The minimum Gasteiger partial charge on any atom is -0.467 e. The molecule has 0 unspecified atom stereocenters. The average Bonchev–Trinajstić information content (AvgIpc) is 2.81. The van der Waals surface area contributed by atoms with Gasteiger partial charge in [-0.25, -0.2) is 4.79 Å². The molecule has 0 aliphatic carbocycles. The molecule has 9 heteroatoms. The van der Waals surface area contributed by atoms with E-state index < -0.39 is 23.5 Å². The summed E-state index contributed by atoms with van der Waals surface area (Å²) < 4.78 is 4.92. The maximum Gasteiger partial charge on any atom is 0.328 e. The molecule has 178 valence electrons. The minimum atomic E-state index is -0.723. The fourth-order valence-corrected chi connectivity index (χ4v) is 4.69. The van der Waals surface area contributed by atoms with E-state index in [1.54, 1.807) is 16.7 Å². The number of nitrogens with one attached hydrogen (secondary N) is 1. The SMILES string of the molecule is COC(=O)[C@H](CCSC)NC(=O)C1(Cc2ccccc2C)CCN(C(=O)[C@@H](N)CS)CC1. The molecule has 7 nitrogen and oxygen atoms in total. The van der Waals surface area contributed by atoms with Gasteiger partial charge in [0.15, 0.2) is 0 Å². The van der Waals surface area contributed by atoms with E-state index in [1.165, 1.54) is 7.11 Å². The first-order chi connectivity index (χ1) is 15.3. The van der Waals surface area contributed by atoms with Gasteiger partial charge in [0.05, 0.1) is 18.6 Å². The molecule has 1 aliphatic rings. The second-order valence-electron chi connectivity index (χ2n) is 8.33. The van der Waals surface area contributed by atoms with Crippen molar-refractivity contribution in [1.29, 1.82) is 0 Å². The summed E-state index contributed by atoms with van der Waals surface area (Å²) in [5.74, 6) is 0.265. The van der Waals surface area contributed by atoms with E-state index in [2.05, 4.69) is 17.9 Å². The lowest BCUT2D eigenvalue weighted by Gasteiger charge is -2.42. The summed E-state index contributed by atoms with van der Waals surface area (Å²) in [7, 11) is 1.33. The first-order valence-electron chi connectivity index (χ1n) is 10.9. The molecule has 1 saturated heterocycles. The topological polar surface area (TPSA) is 102 Å². The Morgan fingerprint density at radius 3 is 2.50 bits per heavy atom. The molecule has 1 aromatic carbocycles. The van der Waals surface area contributed by atoms with Crippen molar-refractivity contribution >= 4 is 42.2 Å². The predicted octanol–water partition coefficient (Wildman–Crippen LogP) is 1.81. The van der Waals surface area contributed by atoms with E-state index in [1.807, 2.05) is 37.4 Å². The number of esters is 1. The number of rotatable bonds is 10. The quantitative estimate of drug-likeness (QED) is 0.348. The van der Waals surface area contributed by atoms with Crippen LogP contribution in [-0.4, -0.2) is 72.7 Å². The molecular formula is C23H35N3O4S2. The minimum absolute atomic E-state index is 0.141. The van der Waals surface area contributed by atoms with Gasteiger partial charge in [-0.05, 0) is 55.7 Å². The highest BCUT2D eigenvalue weighted by molar-refractivity contribution is 7.98. The lowest BCUT2D eigenvalue weighted by atomic mass is 9.72. The fourth-order valence-electron chi connectivity index (χ4n) is 4.06. The number of thioether (sulfide) groups is 1. The number of thiol groups is 1. The zero-order valence-corrected chi connectivity index (χ0v) is 20.8. The number of piperidine rings is 1. The average molecular weight is 482 g/mol. The van der Waals surface area contributed by atoms with Crippen LogP contribution in [0.1, 0.15) is 30.4 Å². The van der Waals surface area contributed by atoms with Gasteiger partial charge in [0.1, 0.15) is 6.04 Å². The highest BCUT2D eigenvalue weighted by Crippen LogP contribution is 2.37. The van der Waals surface area contributed by atoms with E-state index in [0.29, 0.717) is 38.8 Å². The number of methoxy groups -OCH3 is 1. The largest absolute Gasteiger partial charge is 0.467 e. The Balaban J connectivity index is 2.26. The van der Waals surface area contributed by atoms with Crippen LogP contribution in [0.5, 0.6) is 0 Å². The Labute approximate surface area is 200 Å². The highest BCUT2D eigenvalue weighted by atomic mass is 32.2. The number of hydrogen-bond donors (Lipinski definition) is 3. The number of ether oxygens (including phenoxy) is 1. The summed E-state index contributed by atoms with van der Waals surface area (Å²) in [5.41, 5.74) is 7.36. The molecule has 2 atom stereocenters. The van der Waals surface area contributed by atoms with Crippen LogP contribution in [-0.2, 0) is 25.5 Å². The van der Waals surface area contributed by atoms with Crippen molar-refractivity contribution in [1.82, 2.24) is 10.2 Å². The number of benzene rings is 1. The molecule has 1 heterocycles. The lowest BCUT2D eigenvalue weighted by Crippen LogP contribution is -2.56. The van der Waals surface area contributed by atoms with Crippen molar-refractivity contribution < 1.29 is 19.1 Å². The molecule has 1 aromatic rings. The third-order valence-corrected chi connectivity index (χ3v) is 7.26. The van der Waals surface area contributed by atoms with Crippen molar-refractivity contribution in [2.45, 2.75) is 44.7 Å². The fraction of sp³-hybridized carbons (Fsp3) is 0.609. The number of carbonyl (C=O) groups is 3. The number of nitrogens with zero attached hydrogens (tertiary/aromatic N) is 1. The summed E-state index contributed by atoms with van der Waals surface area (Å²) in [4.78, 5) is 40.2. The first kappa shape index (κ1) is 26.5. The molecule has 2 rings (SSSR count). The van der Waals surface area contributed by atoms with Gasteiger partial charge in [-0.2, -0.15) is 24.4 Å². The molecule has 0 aromatic heterocycles. The van der Waals surface area contributed by atoms with Gasteiger partial charge in [0.2, 0.25) is 11.8 Å². The van der Waals surface area contributed by atoms with Gasteiger partial charge >= 0.3 is 5.97 Å². The zero-order valence-electron chi connectivity index (χ0n) is 19.1. The van der Waals surface area contributed by atoms with Gasteiger partial charge in [0, 0.05) is 18.8 Å². The molecule has 0 spiro atoms. The summed E-state index contributed by atoms with van der Waals surface area (Å²) in [6.07, 6.45) is 3.99. The molecule has 0 saturated carbocycles. The monoisotopic (exact) mass is 481 g/mol. The van der Waals surface area contributed by atoms with Gasteiger partial charge in [0.25, 0.3) is 0 Å². The lowest BCUT2D eigenvalue weighted by molar-refractivity contribution is -0.148. The van der Waals surface area contributed by atoms with Crippen molar-refractivity contribution in [3.63, 3.8) is 0 Å². The molecule has 32 heavy (non-hydrogen) atoms. The normalized spacial score (nSPS) is 17.3. The standard InChI is InChI=1S/C23H35N3O4S2/c1-16-6-4-5-7-17(16)14-23(9-11-26(12-10-23)20(27)18(24)15-31)22(29)25-19(8-13-32-3)21(28)30-2/h4-7,18-19,31H,8-15,24H2,1-3H3,(H,25,29)/t18-,19-/m0/s1. The molecule has 0 radical (unpaired) electrons. The molecule has 0 bridgehead atoms. The number of carbonyl (C=O) groups excluding carboxylic acids is 3. The van der Waals surface area contributed by atoms with E-state index in [-0.39, 0.29) is 17.6 Å². The second kappa shape index (κ2) is 12.5. The number of aryl methyl sites for hydroxylation is 1. The number of hydrogen-bond acceptors (Lipinski definition) is 7. The van der Waals surface area contributed by atoms with E-state index >= 15 is 0 Å². The summed E-state index contributed by atoms with van der Waals surface area (Å²) >= 11 is 5.74. The molecule has 1 fully saturated rings. The summed E-state index contributed by atoms with van der Waals surface area (Å²) in [6.45, 7) is 2.90. The third kappa shape index (κ3) is 6.65. The zero-order chi connectivity index (χ0) is 23.7. The van der Waals surface area contributed by atoms with Crippen LogP contribution in [0.25, 0.3) is 0 Å². The Kier molecular flexibility index (Phi) is 10.4. The number of nitrogens with two attached hydrogens (primary N) is 1. The van der Waals surface area contributed by atoms with Crippen LogP contribution in [0.2, 0.25) is 0 Å². The van der Waals surface area contributed by atoms with Crippen LogP contribution in [0.3, 0.4) is 0 Å². The van der Waals surface area contributed by atoms with E-state index in [0.717, 1.165) is 16.9 Å². The Hall–Kier alpha value is -1.71. The maximum atomic E-state index is 13.6. The molecule has 3 N–H and O–H groups in total. The van der Waals surface area contributed by atoms with Gasteiger partial charge < -0.3 is 20.7 Å². The van der Waals surface area contributed by atoms with Gasteiger partial charge in [-0.15, -0.1) is 0 Å². The Morgan fingerprint density at radius 1 is 1.28 bits per heavy atom. The van der Waals surface area contributed by atoms with Crippen molar-refractivity contribution in [3.8, 4) is 0 Å². The second-order valence-corrected chi connectivity index (χ2v) is 9.68. The van der Waals surface area contributed by atoms with E-state index in [9.17, 15) is 14.4 Å². The van der Waals surface area contributed by atoms with Gasteiger partial charge in [-0.1, -0.05) is 24.3 Å². The molecule has 1 aliphatic heterocycles. The highest BCUT2D eigenvalue weighted by Gasteiger charge is 2.44. The van der Waals surface area contributed by atoms with Gasteiger partial charge in [-0.3, -0.25) is 9.59 Å². The maximum absolute atomic E-state index is 13.6. The molecule has 2 amide bonds. The van der Waals surface area contributed by atoms with Crippen molar-refractivity contribution in [2.75, 3.05) is 38.0 Å². The first-order valence-corrected chi connectivity index (χ1v) is 12.9. The third-order valence-electron chi connectivity index (χ3n) is 6.22. The molecular weight excluding hydrogens is 446 g/mol. The number of amides is 2. The van der Waals surface area contributed by atoms with E-state index in [4.69, 9.17) is 10.5 Å². The van der Waals surface area contributed by atoms with Crippen LogP contribution < -0.4 is 11.1 Å².